The summed E-state index contributed by atoms with van der Waals surface area (Å²) >= 11 is 0. The molecule has 3 N–H and O–H groups in total. The Labute approximate surface area is 163 Å². The number of hydrogen-bond acceptors (Lipinski definition) is 4. The summed E-state index contributed by atoms with van der Waals surface area (Å²) in [5.74, 6) is -0.251. The fourth-order valence-corrected chi connectivity index (χ4v) is 3.37. The van der Waals surface area contributed by atoms with Crippen LogP contribution in [-0.4, -0.2) is 20.6 Å². The van der Waals surface area contributed by atoms with Gasteiger partial charge in [-0.15, -0.1) is 0 Å². The van der Waals surface area contributed by atoms with E-state index < -0.39 is 5.97 Å². The number of nitrogens with zero attached hydrogens (tertiary/aromatic N) is 2. The molecule has 1 aromatic heterocycles. The van der Waals surface area contributed by atoms with E-state index >= 15 is 0 Å². The average molecular weight is 379 g/mol. The molecule has 6 heteroatoms. The predicted octanol–water partition coefficient (Wildman–Crippen LogP) is 3.59. The van der Waals surface area contributed by atoms with Crippen molar-refractivity contribution in [2.75, 3.05) is 0 Å². The van der Waals surface area contributed by atoms with Crippen LogP contribution in [0.25, 0.3) is 16.6 Å². The van der Waals surface area contributed by atoms with Crippen LogP contribution < -0.4 is 11.3 Å². The summed E-state index contributed by atoms with van der Waals surface area (Å²) in [7, 11) is 0. The van der Waals surface area contributed by atoms with Crippen LogP contribution in [0.1, 0.15) is 50.0 Å². The first kappa shape index (κ1) is 19.8. The Morgan fingerprint density at radius 2 is 1.89 bits per heavy atom. The number of para-hydroxylation sites is 1. The summed E-state index contributed by atoms with van der Waals surface area (Å²) in [6, 6.07) is 14.7. The van der Waals surface area contributed by atoms with Crippen molar-refractivity contribution in [1.82, 2.24) is 9.55 Å². The molecule has 0 aliphatic rings. The highest BCUT2D eigenvalue weighted by molar-refractivity contribution is 5.82. The number of hydrogen-bond donors (Lipinski definition) is 2. The Hall–Kier alpha value is -2.99. The van der Waals surface area contributed by atoms with Crippen LogP contribution in [0.3, 0.4) is 0 Å². The summed E-state index contributed by atoms with van der Waals surface area (Å²) in [6.45, 7) is 1.97. The summed E-state index contributed by atoms with van der Waals surface area (Å²) < 4.78 is 1.61. The molecule has 0 fully saturated rings. The van der Waals surface area contributed by atoms with Crippen LogP contribution in [0.2, 0.25) is 0 Å². The molecule has 0 saturated heterocycles. The summed E-state index contributed by atoms with van der Waals surface area (Å²) in [5, 5.41) is 9.40. The van der Waals surface area contributed by atoms with E-state index in [0.29, 0.717) is 42.4 Å². The summed E-state index contributed by atoms with van der Waals surface area (Å²) in [4.78, 5) is 29.0. The first-order valence-electron chi connectivity index (χ1n) is 9.60. The van der Waals surface area contributed by atoms with E-state index in [1.54, 1.807) is 4.57 Å². The van der Waals surface area contributed by atoms with Crippen LogP contribution >= 0.6 is 0 Å². The molecule has 0 spiro atoms. The monoisotopic (exact) mass is 379 g/mol. The lowest BCUT2D eigenvalue weighted by Crippen LogP contribution is -2.28. The zero-order chi connectivity index (χ0) is 20.1. The van der Waals surface area contributed by atoms with Gasteiger partial charge in [-0.05, 0) is 49.4 Å². The van der Waals surface area contributed by atoms with Crippen molar-refractivity contribution in [2.24, 2.45) is 5.73 Å². The van der Waals surface area contributed by atoms with Gasteiger partial charge in [0.15, 0.2) is 0 Å². The van der Waals surface area contributed by atoms with Gasteiger partial charge in [-0.2, -0.15) is 0 Å². The lowest BCUT2D eigenvalue weighted by molar-refractivity contribution is -0.137. The maximum Gasteiger partial charge on any atom is 0.303 e. The zero-order valence-electron chi connectivity index (χ0n) is 16.0. The Morgan fingerprint density at radius 1 is 1.14 bits per heavy atom. The maximum absolute atomic E-state index is 13.5. The molecule has 28 heavy (non-hydrogen) atoms. The number of carboxylic acid groups (broad SMARTS) is 1. The molecule has 0 radical (unpaired) electrons. The van der Waals surface area contributed by atoms with Gasteiger partial charge in [0, 0.05) is 6.42 Å². The number of aryl methyl sites for hydroxylation is 1. The van der Waals surface area contributed by atoms with E-state index in [0.717, 1.165) is 11.3 Å². The van der Waals surface area contributed by atoms with Gasteiger partial charge in [0.2, 0.25) is 0 Å². The summed E-state index contributed by atoms with van der Waals surface area (Å²) in [6.07, 6.45) is 2.71. The van der Waals surface area contributed by atoms with E-state index in [-0.39, 0.29) is 18.0 Å². The number of aromatic nitrogens is 2. The molecule has 146 valence electrons. The number of carboxylic acids is 1. The number of carbonyl (C=O) groups is 1. The van der Waals surface area contributed by atoms with E-state index in [9.17, 15) is 9.59 Å². The van der Waals surface area contributed by atoms with Gasteiger partial charge in [-0.25, -0.2) is 4.98 Å². The third-order valence-corrected chi connectivity index (χ3v) is 4.88. The number of aliphatic carboxylic acids is 1. The highest BCUT2D eigenvalue weighted by atomic mass is 16.4. The highest BCUT2D eigenvalue weighted by Crippen LogP contribution is 2.21. The van der Waals surface area contributed by atoms with Crippen molar-refractivity contribution < 1.29 is 9.90 Å². The molecule has 1 atom stereocenters. The van der Waals surface area contributed by atoms with Crippen molar-refractivity contribution in [2.45, 2.75) is 45.1 Å². The molecule has 1 heterocycles. The second kappa shape index (κ2) is 8.80. The van der Waals surface area contributed by atoms with Crippen LogP contribution in [0.4, 0.5) is 0 Å². The quantitative estimate of drug-likeness (QED) is 0.583. The molecule has 0 aliphatic carbocycles. The van der Waals surface area contributed by atoms with Crippen LogP contribution in [0.15, 0.2) is 53.3 Å². The largest absolute Gasteiger partial charge is 0.481 e. The highest BCUT2D eigenvalue weighted by Gasteiger charge is 2.18. The molecule has 0 saturated carbocycles. The fraction of sp³-hybridized carbons (Fsp3) is 0.318. The van der Waals surface area contributed by atoms with Gasteiger partial charge in [0.1, 0.15) is 5.82 Å². The minimum Gasteiger partial charge on any atom is -0.481 e. The molecule has 2 aromatic carbocycles. The molecule has 0 unspecified atom stereocenters. The second-order valence-electron chi connectivity index (χ2n) is 6.87. The Bertz CT molecular complexity index is 1030. The van der Waals surface area contributed by atoms with Crippen LogP contribution in [0, 0.1) is 0 Å². The number of fused-ring (bicyclic) bond motifs is 1. The topological polar surface area (TPSA) is 98.2 Å². The molecular formula is C22H25N3O3. The SMILES string of the molecule is CC[C@H](N)c1nc2cccc(CCCCC(=O)O)c2c(=O)n1-c1ccccc1. The first-order valence-corrected chi connectivity index (χ1v) is 9.60. The lowest BCUT2D eigenvalue weighted by atomic mass is 10.0. The lowest BCUT2D eigenvalue weighted by Gasteiger charge is -2.18. The van der Waals surface area contributed by atoms with Gasteiger partial charge in [0.25, 0.3) is 5.56 Å². The average Bonchev–Trinajstić information content (AvgIpc) is 2.70. The van der Waals surface area contributed by atoms with Crippen molar-refractivity contribution in [3.63, 3.8) is 0 Å². The Morgan fingerprint density at radius 3 is 2.57 bits per heavy atom. The molecule has 0 amide bonds. The van der Waals surface area contributed by atoms with Crippen molar-refractivity contribution in [3.8, 4) is 5.69 Å². The maximum atomic E-state index is 13.5. The number of unbranched alkanes of at least 4 members (excludes halogenated alkanes) is 1. The van der Waals surface area contributed by atoms with E-state index in [4.69, 9.17) is 15.8 Å². The minimum atomic E-state index is -0.802. The standard InChI is InChI=1S/C22H25N3O3/c1-2-17(23)21-24-18-13-8-10-15(9-6-7-14-19(26)27)20(18)22(28)25(21)16-11-4-3-5-12-16/h3-5,8,10-13,17H,2,6-7,9,14,23H2,1H3,(H,26,27)/t17-/m0/s1. The van der Waals surface area contributed by atoms with E-state index in [1.165, 1.54) is 0 Å². The van der Waals surface area contributed by atoms with Crippen LogP contribution in [-0.2, 0) is 11.2 Å². The second-order valence-corrected chi connectivity index (χ2v) is 6.87. The van der Waals surface area contributed by atoms with Crippen molar-refractivity contribution in [3.05, 3.63) is 70.3 Å². The Balaban J connectivity index is 2.14. The molecule has 6 nitrogen and oxygen atoms in total. The molecule has 0 aliphatic heterocycles. The Kier molecular flexibility index (Phi) is 6.21. The first-order chi connectivity index (χ1) is 13.5. The van der Waals surface area contributed by atoms with E-state index in [1.807, 2.05) is 55.5 Å². The third kappa shape index (κ3) is 4.12. The van der Waals surface area contributed by atoms with Gasteiger partial charge < -0.3 is 10.8 Å². The van der Waals surface area contributed by atoms with Crippen molar-refractivity contribution >= 4 is 16.9 Å². The predicted molar refractivity (Wildman–Crippen MR) is 110 cm³/mol. The van der Waals surface area contributed by atoms with Crippen molar-refractivity contribution in [1.29, 1.82) is 0 Å². The van der Waals surface area contributed by atoms with Gasteiger partial charge in [-0.3, -0.25) is 14.2 Å². The number of nitrogens with two attached hydrogens (primary N) is 1. The number of benzene rings is 2. The third-order valence-electron chi connectivity index (χ3n) is 4.88. The minimum absolute atomic E-state index is 0.132. The smallest absolute Gasteiger partial charge is 0.303 e. The summed E-state index contributed by atoms with van der Waals surface area (Å²) in [5.41, 5.74) is 8.40. The normalized spacial score (nSPS) is 12.2. The molecule has 3 aromatic rings. The zero-order valence-corrected chi connectivity index (χ0v) is 16.0. The molecule has 0 bridgehead atoms. The molecule has 3 rings (SSSR count). The fourth-order valence-electron chi connectivity index (χ4n) is 3.37. The van der Waals surface area contributed by atoms with Crippen LogP contribution in [0.5, 0.6) is 0 Å². The molecular weight excluding hydrogens is 354 g/mol. The van der Waals surface area contributed by atoms with E-state index in [2.05, 4.69) is 0 Å². The van der Waals surface area contributed by atoms with Gasteiger partial charge >= 0.3 is 5.97 Å². The number of rotatable bonds is 8. The van der Waals surface area contributed by atoms with Gasteiger partial charge in [-0.1, -0.05) is 37.3 Å². The van der Waals surface area contributed by atoms with Gasteiger partial charge in [0.05, 0.1) is 22.6 Å².